The summed E-state index contributed by atoms with van der Waals surface area (Å²) in [5, 5.41) is 2.92. The van der Waals surface area contributed by atoms with Crippen LogP contribution in [0.3, 0.4) is 0 Å². The third kappa shape index (κ3) is 5.78. The van der Waals surface area contributed by atoms with Gasteiger partial charge < -0.3 is 5.32 Å². The van der Waals surface area contributed by atoms with Gasteiger partial charge in [0.05, 0.1) is 10.9 Å². The molecule has 1 heterocycles. The molecule has 1 amide bonds. The summed E-state index contributed by atoms with van der Waals surface area (Å²) in [6.45, 7) is 3.11. The highest BCUT2D eigenvalue weighted by molar-refractivity contribution is 7.89. The molecule has 2 aromatic carbocycles. The number of carbonyl (C=O) groups is 1. The first-order chi connectivity index (χ1) is 14.0. The Kier molecular flexibility index (Phi) is 7.23. The first-order valence-corrected chi connectivity index (χ1v) is 11.5. The minimum absolute atomic E-state index is 0.0884. The molecule has 1 aliphatic rings. The van der Waals surface area contributed by atoms with Crippen molar-refractivity contribution in [2.75, 3.05) is 13.1 Å². The molecule has 0 spiro atoms. The molecule has 0 radical (unpaired) electrons. The van der Waals surface area contributed by atoms with E-state index in [1.54, 1.807) is 34.6 Å². The van der Waals surface area contributed by atoms with Gasteiger partial charge in [-0.05, 0) is 49.1 Å². The average Bonchev–Trinajstić information content (AvgIpc) is 3.03. The van der Waals surface area contributed by atoms with Crippen molar-refractivity contribution in [3.05, 3.63) is 71.8 Å². The van der Waals surface area contributed by atoms with Crippen molar-refractivity contribution < 1.29 is 13.2 Å². The maximum Gasteiger partial charge on any atom is 0.244 e. The Morgan fingerprint density at radius 3 is 2.21 bits per heavy atom. The molecule has 0 aromatic heterocycles. The Morgan fingerprint density at radius 2 is 1.59 bits per heavy atom. The Bertz CT molecular complexity index is 930. The first kappa shape index (κ1) is 21.3. The molecule has 1 atom stereocenters. The number of carbonyl (C=O) groups excluding carboxylic acids is 1. The standard InChI is InChI=1S/C23H28N2O3S/c1-19(21-9-5-4-6-10-21)24-23(26)16-13-20-11-14-22(15-12-20)29(27,28)25-17-7-2-3-8-18-25/h4-6,9-16,19H,2-3,7-8,17-18H2,1H3,(H,24,26)/b16-13+. The van der Waals surface area contributed by atoms with E-state index in [-0.39, 0.29) is 11.9 Å². The second-order valence-electron chi connectivity index (χ2n) is 7.36. The van der Waals surface area contributed by atoms with Crippen LogP contribution >= 0.6 is 0 Å². The molecule has 1 N–H and O–H groups in total. The molecule has 2 aromatic rings. The highest BCUT2D eigenvalue weighted by Crippen LogP contribution is 2.21. The quantitative estimate of drug-likeness (QED) is 0.725. The van der Waals surface area contributed by atoms with E-state index >= 15 is 0 Å². The molecule has 1 aliphatic heterocycles. The Balaban J connectivity index is 1.61. The largest absolute Gasteiger partial charge is 0.346 e. The zero-order chi connectivity index (χ0) is 20.7. The predicted octanol–water partition coefficient (Wildman–Crippen LogP) is 4.14. The van der Waals surface area contributed by atoms with E-state index in [9.17, 15) is 13.2 Å². The topological polar surface area (TPSA) is 66.5 Å². The molecule has 3 rings (SSSR count). The SMILES string of the molecule is CC(NC(=O)/C=C/c1ccc(S(=O)(=O)N2CCCCCC2)cc1)c1ccccc1. The minimum atomic E-state index is -3.45. The number of nitrogens with zero attached hydrogens (tertiary/aromatic N) is 1. The lowest BCUT2D eigenvalue weighted by molar-refractivity contribution is -0.117. The third-order valence-electron chi connectivity index (χ3n) is 5.17. The van der Waals surface area contributed by atoms with E-state index in [4.69, 9.17) is 0 Å². The third-order valence-corrected chi connectivity index (χ3v) is 7.08. The number of sulfonamides is 1. The van der Waals surface area contributed by atoms with Crippen LogP contribution in [0.1, 0.15) is 49.8 Å². The Labute approximate surface area is 173 Å². The van der Waals surface area contributed by atoms with E-state index in [2.05, 4.69) is 5.32 Å². The van der Waals surface area contributed by atoms with Crippen LogP contribution in [0.5, 0.6) is 0 Å². The smallest absolute Gasteiger partial charge is 0.244 e. The van der Waals surface area contributed by atoms with Gasteiger partial charge in [0.15, 0.2) is 0 Å². The van der Waals surface area contributed by atoms with Crippen molar-refractivity contribution in [1.29, 1.82) is 0 Å². The Morgan fingerprint density at radius 1 is 0.966 bits per heavy atom. The zero-order valence-corrected chi connectivity index (χ0v) is 17.6. The monoisotopic (exact) mass is 412 g/mol. The van der Waals surface area contributed by atoms with E-state index < -0.39 is 10.0 Å². The average molecular weight is 413 g/mol. The van der Waals surface area contributed by atoms with Gasteiger partial charge in [-0.25, -0.2) is 8.42 Å². The normalized spacial score (nSPS) is 17.0. The van der Waals surface area contributed by atoms with Crippen LogP contribution in [0.25, 0.3) is 6.08 Å². The number of benzene rings is 2. The van der Waals surface area contributed by atoms with Gasteiger partial charge in [0.1, 0.15) is 0 Å². The van der Waals surface area contributed by atoms with E-state index in [1.807, 2.05) is 37.3 Å². The molecular weight excluding hydrogens is 384 g/mol. The van der Waals surface area contributed by atoms with Crippen molar-refractivity contribution in [3.63, 3.8) is 0 Å². The number of hydrogen-bond donors (Lipinski definition) is 1. The van der Waals surface area contributed by atoms with Crippen LogP contribution < -0.4 is 5.32 Å². The second kappa shape index (κ2) is 9.85. The summed E-state index contributed by atoms with van der Waals surface area (Å²) in [5.74, 6) is -0.192. The lowest BCUT2D eigenvalue weighted by Crippen LogP contribution is -2.31. The van der Waals surface area contributed by atoms with E-state index in [1.165, 1.54) is 6.08 Å². The number of nitrogens with one attached hydrogen (secondary N) is 1. The summed E-state index contributed by atoms with van der Waals surface area (Å²) in [6.07, 6.45) is 7.15. The van der Waals surface area contributed by atoms with Gasteiger partial charge in [0.2, 0.25) is 15.9 Å². The maximum atomic E-state index is 12.8. The van der Waals surface area contributed by atoms with Crippen LogP contribution in [0.2, 0.25) is 0 Å². The van der Waals surface area contributed by atoms with E-state index in [0.29, 0.717) is 18.0 Å². The van der Waals surface area contributed by atoms with Crippen LogP contribution in [0, 0.1) is 0 Å². The van der Waals surface area contributed by atoms with Gasteiger partial charge in [-0.2, -0.15) is 4.31 Å². The Hall–Kier alpha value is -2.44. The van der Waals surface area contributed by atoms with Crippen LogP contribution in [0.4, 0.5) is 0 Å². The lowest BCUT2D eigenvalue weighted by atomic mass is 10.1. The van der Waals surface area contributed by atoms with Crippen LogP contribution in [0.15, 0.2) is 65.6 Å². The number of rotatable bonds is 6. The van der Waals surface area contributed by atoms with Gasteiger partial charge in [-0.3, -0.25) is 4.79 Å². The van der Waals surface area contributed by atoms with Gasteiger partial charge in [0, 0.05) is 19.2 Å². The van der Waals surface area contributed by atoms with Crippen molar-refractivity contribution in [3.8, 4) is 0 Å². The molecule has 29 heavy (non-hydrogen) atoms. The zero-order valence-electron chi connectivity index (χ0n) is 16.8. The number of hydrogen-bond acceptors (Lipinski definition) is 3. The van der Waals surface area contributed by atoms with Crippen molar-refractivity contribution in [1.82, 2.24) is 9.62 Å². The van der Waals surface area contributed by atoms with Gasteiger partial charge in [0.25, 0.3) is 0 Å². The van der Waals surface area contributed by atoms with Gasteiger partial charge in [-0.15, -0.1) is 0 Å². The van der Waals surface area contributed by atoms with Crippen molar-refractivity contribution in [2.24, 2.45) is 0 Å². The summed E-state index contributed by atoms with van der Waals surface area (Å²) >= 11 is 0. The predicted molar refractivity (Wildman–Crippen MR) is 116 cm³/mol. The van der Waals surface area contributed by atoms with E-state index in [0.717, 1.165) is 36.8 Å². The summed E-state index contributed by atoms with van der Waals surface area (Å²) in [4.78, 5) is 12.5. The molecule has 154 valence electrons. The second-order valence-corrected chi connectivity index (χ2v) is 9.30. The van der Waals surface area contributed by atoms with Crippen molar-refractivity contribution >= 4 is 22.0 Å². The fourth-order valence-corrected chi connectivity index (χ4v) is 4.96. The van der Waals surface area contributed by atoms with Gasteiger partial charge in [-0.1, -0.05) is 55.3 Å². The highest BCUT2D eigenvalue weighted by Gasteiger charge is 2.24. The summed E-state index contributed by atoms with van der Waals surface area (Å²) < 4.78 is 27.2. The molecule has 0 bridgehead atoms. The molecule has 5 nitrogen and oxygen atoms in total. The fraction of sp³-hybridized carbons (Fsp3) is 0.348. The number of amides is 1. The molecule has 1 fully saturated rings. The molecular formula is C23H28N2O3S. The summed E-state index contributed by atoms with van der Waals surface area (Å²) in [5.41, 5.74) is 1.82. The van der Waals surface area contributed by atoms with Crippen molar-refractivity contribution in [2.45, 2.75) is 43.5 Å². The van der Waals surface area contributed by atoms with Crippen LogP contribution in [-0.4, -0.2) is 31.7 Å². The molecule has 0 saturated carbocycles. The molecule has 1 unspecified atom stereocenters. The molecule has 1 saturated heterocycles. The molecule has 0 aliphatic carbocycles. The summed E-state index contributed by atoms with van der Waals surface area (Å²) in [7, 11) is -3.45. The van der Waals surface area contributed by atoms with Gasteiger partial charge >= 0.3 is 0 Å². The minimum Gasteiger partial charge on any atom is -0.346 e. The fourth-order valence-electron chi connectivity index (χ4n) is 3.44. The highest BCUT2D eigenvalue weighted by atomic mass is 32.2. The van der Waals surface area contributed by atoms with Crippen LogP contribution in [-0.2, 0) is 14.8 Å². The molecule has 6 heteroatoms. The lowest BCUT2D eigenvalue weighted by Gasteiger charge is -2.19. The first-order valence-electron chi connectivity index (χ1n) is 10.1. The maximum absolute atomic E-state index is 12.8. The summed E-state index contributed by atoms with van der Waals surface area (Å²) in [6, 6.07) is 16.4.